The van der Waals surface area contributed by atoms with Gasteiger partial charge in [-0.2, -0.15) is 5.26 Å². The minimum Gasteiger partial charge on any atom is -0.337 e. The normalized spacial score (nSPS) is 15.1. The largest absolute Gasteiger partial charge is 0.337 e. The molecule has 1 aromatic heterocycles. The third-order valence-corrected chi connectivity index (χ3v) is 7.53. The molecule has 0 bridgehead atoms. The van der Waals surface area contributed by atoms with Crippen molar-refractivity contribution in [2.24, 2.45) is 0 Å². The summed E-state index contributed by atoms with van der Waals surface area (Å²) in [7, 11) is 0. The molecule has 1 atom stereocenters. The quantitative estimate of drug-likeness (QED) is 0.235. The number of aryl methyl sites for hydroxylation is 1. The fourth-order valence-electron chi connectivity index (χ4n) is 5.37. The highest BCUT2D eigenvalue weighted by Crippen LogP contribution is 2.23. The second-order valence-electron chi connectivity index (χ2n) is 10.3. The van der Waals surface area contributed by atoms with Gasteiger partial charge in [-0.25, -0.2) is 4.98 Å². The van der Waals surface area contributed by atoms with Crippen LogP contribution in [0.2, 0.25) is 0 Å². The Morgan fingerprint density at radius 3 is 2.28 bits per heavy atom. The Morgan fingerprint density at radius 2 is 1.56 bits per heavy atom. The van der Waals surface area contributed by atoms with Crippen LogP contribution in [0.3, 0.4) is 0 Å². The highest BCUT2D eigenvalue weighted by molar-refractivity contribution is 5.84. The SMILES string of the molecule is N#Cc1ccc(Cn2cncc2CN(CCCCc2ccccc2)[C@@H]2CCN(Cc3ccccc3)C2=O)cc1. The lowest BCUT2D eigenvalue weighted by atomic mass is 10.1. The summed E-state index contributed by atoms with van der Waals surface area (Å²) in [6.45, 7) is 3.67. The molecule has 6 nitrogen and oxygen atoms in total. The number of nitriles is 1. The van der Waals surface area contributed by atoms with Gasteiger partial charge in [0.05, 0.1) is 29.7 Å². The first-order chi connectivity index (χ1) is 19.2. The van der Waals surface area contributed by atoms with Gasteiger partial charge in [-0.05, 0) is 61.1 Å². The van der Waals surface area contributed by atoms with Crippen LogP contribution < -0.4 is 0 Å². The molecule has 1 fully saturated rings. The maximum absolute atomic E-state index is 13.6. The minimum absolute atomic E-state index is 0.122. The first-order valence-corrected chi connectivity index (χ1v) is 13.8. The molecule has 198 valence electrons. The second kappa shape index (κ2) is 13.0. The molecule has 0 aliphatic carbocycles. The zero-order chi connectivity index (χ0) is 26.9. The van der Waals surface area contributed by atoms with Gasteiger partial charge in [-0.1, -0.05) is 72.8 Å². The van der Waals surface area contributed by atoms with E-state index < -0.39 is 0 Å². The van der Waals surface area contributed by atoms with Crippen LogP contribution in [0.15, 0.2) is 97.5 Å². The Balaban J connectivity index is 1.27. The maximum Gasteiger partial charge on any atom is 0.240 e. The van der Waals surface area contributed by atoms with E-state index in [1.807, 2.05) is 59.9 Å². The second-order valence-corrected chi connectivity index (χ2v) is 10.3. The van der Waals surface area contributed by atoms with Crippen LogP contribution in [0.5, 0.6) is 0 Å². The molecule has 0 radical (unpaired) electrons. The molecular formula is C33H35N5O. The van der Waals surface area contributed by atoms with Gasteiger partial charge >= 0.3 is 0 Å². The van der Waals surface area contributed by atoms with Crippen molar-refractivity contribution in [3.63, 3.8) is 0 Å². The predicted octanol–water partition coefficient (Wildman–Crippen LogP) is 5.43. The summed E-state index contributed by atoms with van der Waals surface area (Å²) in [5.41, 5.74) is 5.40. The molecule has 0 N–H and O–H groups in total. The molecule has 0 saturated carbocycles. The average Bonchev–Trinajstić information content (AvgIpc) is 3.57. The summed E-state index contributed by atoms with van der Waals surface area (Å²) in [5.74, 6) is 0.222. The molecular weight excluding hydrogens is 482 g/mol. The number of hydrogen-bond acceptors (Lipinski definition) is 4. The van der Waals surface area contributed by atoms with Crippen LogP contribution in [0.1, 0.15) is 47.2 Å². The fourth-order valence-corrected chi connectivity index (χ4v) is 5.37. The van der Waals surface area contributed by atoms with Crippen LogP contribution in [0.4, 0.5) is 0 Å². The Bertz CT molecular complexity index is 1380. The van der Waals surface area contributed by atoms with Gasteiger partial charge in [-0.15, -0.1) is 0 Å². The molecule has 1 amide bonds. The first-order valence-electron chi connectivity index (χ1n) is 13.8. The van der Waals surface area contributed by atoms with Crippen molar-refractivity contribution in [2.75, 3.05) is 13.1 Å². The highest BCUT2D eigenvalue weighted by Gasteiger charge is 2.36. The van der Waals surface area contributed by atoms with Gasteiger partial charge in [-0.3, -0.25) is 9.69 Å². The van der Waals surface area contributed by atoms with E-state index in [9.17, 15) is 4.79 Å². The molecule has 1 aliphatic rings. The number of aromatic nitrogens is 2. The standard InChI is InChI=1S/C33H35N5O/c34-21-28-14-16-30(17-15-28)24-38-26-35-22-31(38)25-36(19-8-7-11-27-9-3-1-4-10-27)32-18-20-37(33(32)39)23-29-12-5-2-6-13-29/h1-6,9-10,12-17,22,26,32H,7-8,11,18-20,23-25H2/t32-/m1/s1. The van der Waals surface area contributed by atoms with E-state index in [0.717, 1.165) is 50.0 Å². The fraction of sp³-hybridized carbons (Fsp3) is 0.303. The van der Waals surface area contributed by atoms with Crippen molar-refractivity contribution >= 4 is 5.91 Å². The number of likely N-dealkylation sites (tertiary alicyclic amines) is 1. The van der Waals surface area contributed by atoms with Gasteiger partial charge in [0.2, 0.25) is 5.91 Å². The van der Waals surface area contributed by atoms with E-state index in [2.05, 4.69) is 63.0 Å². The molecule has 1 aliphatic heterocycles. The topological polar surface area (TPSA) is 65.2 Å². The third kappa shape index (κ3) is 7.01. The Kier molecular flexibility index (Phi) is 8.82. The van der Waals surface area contributed by atoms with E-state index in [0.29, 0.717) is 25.2 Å². The molecule has 1 saturated heterocycles. The molecule has 0 unspecified atom stereocenters. The van der Waals surface area contributed by atoms with Crippen LogP contribution >= 0.6 is 0 Å². The van der Waals surface area contributed by atoms with Gasteiger partial charge in [0.1, 0.15) is 0 Å². The van der Waals surface area contributed by atoms with Crippen molar-refractivity contribution < 1.29 is 4.79 Å². The lowest BCUT2D eigenvalue weighted by Gasteiger charge is -2.28. The molecule has 2 heterocycles. The zero-order valence-corrected chi connectivity index (χ0v) is 22.3. The lowest BCUT2D eigenvalue weighted by Crippen LogP contribution is -2.42. The predicted molar refractivity (Wildman–Crippen MR) is 153 cm³/mol. The molecule has 4 aromatic rings. The smallest absolute Gasteiger partial charge is 0.240 e. The molecule has 5 rings (SSSR count). The Labute approximate surface area is 231 Å². The van der Waals surface area contributed by atoms with E-state index in [1.165, 1.54) is 11.1 Å². The van der Waals surface area contributed by atoms with Crippen molar-refractivity contribution in [1.82, 2.24) is 19.4 Å². The number of hydrogen-bond donors (Lipinski definition) is 0. The number of unbranched alkanes of at least 4 members (excludes halogenated alkanes) is 1. The maximum atomic E-state index is 13.6. The monoisotopic (exact) mass is 517 g/mol. The van der Waals surface area contributed by atoms with Crippen LogP contribution in [-0.4, -0.2) is 44.4 Å². The third-order valence-electron chi connectivity index (χ3n) is 7.53. The zero-order valence-electron chi connectivity index (χ0n) is 22.3. The number of benzene rings is 3. The summed E-state index contributed by atoms with van der Waals surface area (Å²) in [5, 5.41) is 9.11. The molecule has 6 heteroatoms. The summed E-state index contributed by atoms with van der Waals surface area (Å²) in [4.78, 5) is 22.4. The van der Waals surface area contributed by atoms with Crippen LogP contribution in [0.25, 0.3) is 0 Å². The van der Waals surface area contributed by atoms with Crippen molar-refractivity contribution in [1.29, 1.82) is 5.26 Å². The number of carbonyl (C=O) groups is 1. The summed E-state index contributed by atoms with van der Waals surface area (Å²) in [6, 6.07) is 30.6. The molecule has 39 heavy (non-hydrogen) atoms. The van der Waals surface area contributed by atoms with Crippen molar-refractivity contribution in [3.8, 4) is 6.07 Å². The van der Waals surface area contributed by atoms with Gasteiger partial charge < -0.3 is 9.47 Å². The van der Waals surface area contributed by atoms with Gasteiger partial charge in [0, 0.05) is 32.4 Å². The molecule has 3 aromatic carbocycles. The number of nitrogens with zero attached hydrogens (tertiary/aromatic N) is 5. The first kappa shape index (κ1) is 26.4. The molecule has 0 spiro atoms. The number of imidazole rings is 1. The van der Waals surface area contributed by atoms with E-state index >= 15 is 0 Å². The van der Waals surface area contributed by atoms with Crippen LogP contribution in [0, 0.1) is 11.3 Å². The van der Waals surface area contributed by atoms with Crippen molar-refractivity contribution in [2.45, 2.75) is 51.4 Å². The Morgan fingerprint density at radius 1 is 0.872 bits per heavy atom. The van der Waals surface area contributed by atoms with Crippen LogP contribution in [-0.2, 0) is 30.8 Å². The number of carbonyl (C=O) groups excluding carboxylic acids is 1. The average molecular weight is 518 g/mol. The number of amides is 1. The van der Waals surface area contributed by atoms with E-state index in [-0.39, 0.29) is 11.9 Å². The minimum atomic E-state index is -0.122. The summed E-state index contributed by atoms with van der Waals surface area (Å²) in [6.07, 6.45) is 7.78. The Hall–Kier alpha value is -4.21. The highest BCUT2D eigenvalue weighted by atomic mass is 16.2. The summed E-state index contributed by atoms with van der Waals surface area (Å²) >= 11 is 0. The summed E-state index contributed by atoms with van der Waals surface area (Å²) < 4.78 is 2.15. The van der Waals surface area contributed by atoms with E-state index in [4.69, 9.17) is 5.26 Å². The van der Waals surface area contributed by atoms with Gasteiger partial charge in [0.25, 0.3) is 0 Å². The van der Waals surface area contributed by atoms with Gasteiger partial charge in [0.15, 0.2) is 0 Å². The van der Waals surface area contributed by atoms with Crippen molar-refractivity contribution in [3.05, 3.63) is 125 Å². The number of rotatable bonds is 12. The van der Waals surface area contributed by atoms with E-state index in [1.54, 1.807) is 0 Å². The lowest BCUT2D eigenvalue weighted by molar-refractivity contribution is -0.132.